The van der Waals surface area contributed by atoms with Crippen molar-refractivity contribution in [3.8, 4) is 0 Å². The minimum absolute atomic E-state index is 0.213. The first-order valence-corrected chi connectivity index (χ1v) is 7.17. The summed E-state index contributed by atoms with van der Waals surface area (Å²) in [6.07, 6.45) is 8.16. The first-order valence-electron chi connectivity index (χ1n) is 7.17. The fraction of sp³-hybridized carbons (Fsp3) is 0.438. The van der Waals surface area contributed by atoms with Gasteiger partial charge in [-0.25, -0.2) is 0 Å². The number of fused-ring (bicyclic) bond motifs is 1. The SMILES string of the molecule is O=C(CCCc1c[nH]c2ccccc12)NC1CCC1. The molecule has 1 aromatic heterocycles. The molecule has 1 amide bonds. The van der Waals surface area contributed by atoms with Crippen LogP contribution in [0, 0.1) is 0 Å². The zero-order chi connectivity index (χ0) is 13.1. The number of hydrogen-bond donors (Lipinski definition) is 2. The van der Waals surface area contributed by atoms with Crippen LogP contribution in [0.2, 0.25) is 0 Å². The fourth-order valence-corrected chi connectivity index (χ4v) is 2.63. The average Bonchev–Trinajstić information content (AvgIpc) is 2.78. The van der Waals surface area contributed by atoms with Gasteiger partial charge in [-0.05, 0) is 43.7 Å². The number of nitrogens with one attached hydrogen (secondary N) is 2. The molecule has 3 heteroatoms. The normalized spacial score (nSPS) is 15.4. The van der Waals surface area contributed by atoms with Gasteiger partial charge in [0, 0.05) is 29.6 Å². The largest absolute Gasteiger partial charge is 0.361 e. The molecule has 0 aliphatic heterocycles. The van der Waals surface area contributed by atoms with Crippen LogP contribution in [0.4, 0.5) is 0 Å². The summed E-state index contributed by atoms with van der Waals surface area (Å²) < 4.78 is 0. The molecular weight excluding hydrogens is 236 g/mol. The van der Waals surface area contributed by atoms with Crippen molar-refractivity contribution >= 4 is 16.8 Å². The third kappa shape index (κ3) is 2.80. The highest BCUT2D eigenvalue weighted by atomic mass is 16.1. The number of H-pyrrole nitrogens is 1. The summed E-state index contributed by atoms with van der Waals surface area (Å²) >= 11 is 0. The number of carbonyl (C=O) groups is 1. The van der Waals surface area contributed by atoms with Crippen molar-refractivity contribution in [1.82, 2.24) is 10.3 Å². The van der Waals surface area contributed by atoms with Crippen molar-refractivity contribution in [2.24, 2.45) is 0 Å². The van der Waals surface area contributed by atoms with Crippen molar-refractivity contribution in [2.75, 3.05) is 0 Å². The Morgan fingerprint density at radius 3 is 2.95 bits per heavy atom. The molecule has 0 radical (unpaired) electrons. The Morgan fingerprint density at radius 1 is 1.32 bits per heavy atom. The van der Waals surface area contributed by atoms with E-state index in [1.165, 1.54) is 22.9 Å². The molecule has 1 aromatic carbocycles. The maximum Gasteiger partial charge on any atom is 0.220 e. The van der Waals surface area contributed by atoms with E-state index in [0.29, 0.717) is 12.5 Å². The van der Waals surface area contributed by atoms with Gasteiger partial charge in [-0.1, -0.05) is 18.2 Å². The standard InChI is InChI=1S/C16H20N2O/c19-16(18-13-6-4-7-13)10-3-5-12-11-17-15-9-2-1-8-14(12)15/h1-2,8-9,11,13,17H,3-7,10H2,(H,18,19). The average molecular weight is 256 g/mol. The molecule has 2 aromatic rings. The van der Waals surface area contributed by atoms with Crippen LogP contribution < -0.4 is 5.32 Å². The van der Waals surface area contributed by atoms with Crippen LogP contribution in [0.1, 0.15) is 37.7 Å². The monoisotopic (exact) mass is 256 g/mol. The summed E-state index contributed by atoms with van der Waals surface area (Å²) in [7, 11) is 0. The molecule has 1 saturated carbocycles. The molecule has 1 aliphatic carbocycles. The lowest BCUT2D eigenvalue weighted by Crippen LogP contribution is -2.39. The van der Waals surface area contributed by atoms with E-state index in [1.54, 1.807) is 0 Å². The van der Waals surface area contributed by atoms with Crippen molar-refractivity contribution in [1.29, 1.82) is 0 Å². The molecule has 0 bridgehead atoms. The predicted octanol–water partition coefficient (Wildman–Crippen LogP) is 3.16. The second-order valence-corrected chi connectivity index (χ2v) is 5.41. The molecule has 0 saturated heterocycles. The quantitative estimate of drug-likeness (QED) is 0.848. The molecule has 1 aliphatic rings. The molecule has 3 nitrogen and oxygen atoms in total. The Bertz CT molecular complexity index is 569. The minimum Gasteiger partial charge on any atom is -0.361 e. The zero-order valence-electron chi connectivity index (χ0n) is 11.1. The molecule has 3 rings (SSSR count). The van der Waals surface area contributed by atoms with E-state index in [4.69, 9.17) is 0 Å². The second kappa shape index (κ2) is 5.47. The smallest absolute Gasteiger partial charge is 0.220 e. The van der Waals surface area contributed by atoms with Gasteiger partial charge in [0.05, 0.1) is 0 Å². The van der Waals surface area contributed by atoms with E-state index in [0.717, 1.165) is 25.7 Å². The van der Waals surface area contributed by atoms with E-state index in [2.05, 4.69) is 34.7 Å². The van der Waals surface area contributed by atoms with Gasteiger partial charge in [-0.2, -0.15) is 0 Å². The molecule has 2 N–H and O–H groups in total. The van der Waals surface area contributed by atoms with Crippen molar-refractivity contribution in [3.63, 3.8) is 0 Å². The van der Waals surface area contributed by atoms with Crippen LogP contribution in [-0.4, -0.2) is 16.9 Å². The summed E-state index contributed by atoms with van der Waals surface area (Å²) in [6, 6.07) is 8.77. The molecule has 0 spiro atoms. The number of aromatic amines is 1. The predicted molar refractivity (Wildman–Crippen MR) is 77.0 cm³/mol. The van der Waals surface area contributed by atoms with Gasteiger partial charge in [0.25, 0.3) is 0 Å². The van der Waals surface area contributed by atoms with Crippen LogP contribution in [0.25, 0.3) is 10.9 Å². The fourth-order valence-electron chi connectivity index (χ4n) is 2.63. The van der Waals surface area contributed by atoms with Gasteiger partial charge >= 0.3 is 0 Å². The molecule has 0 unspecified atom stereocenters. The molecular formula is C16H20N2O. The van der Waals surface area contributed by atoms with Crippen LogP contribution >= 0.6 is 0 Å². The molecule has 19 heavy (non-hydrogen) atoms. The highest BCUT2D eigenvalue weighted by molar-refractivity contribution is 5.83. The lowest BCUT2D eigenvalue weighted by molar-refractivity contribution is -0.122. The Kier molecular flexibility index (Phi) is 3.53. The third-order valence-corrected chi connectivity index (χ3v) is 4.00. The zero-order valence-corrected chi connectivity index (χ0v) is 11.1. The van der Waals surface area contributed by atoms with Crippen molar-refractivity contribution in [2.45, 2.75) is 44.6 Å². The van der Waals surface area contributed by atoms with Gasteiger partial charge in [-0.3, -0.25) is 4.79 Å². The Balaban J connectivity index is 1.50. The number of aromatic nitrogens is 1. The van der Waals surface area contributed by atoms with Crippen LogP contribution in [0.5, 0.6) is 0 Å². The third-order valence-electron chi connectivity index (χ3n) is 4.00. The first kappa shape index (κ1) is 12.3. The van der Waals surface area contributed by atoms with E-state index in [-0.39, 0.29) is 5.91 Å². The van der Waals surface area contributed by atoms with Gasteiger partial charge < -0.3 is 10.3 Å². The van der Waals surface area contributed by atoms with E-state index < -0.39 is 0 Å². The van der Waals surface area contributed by atoms with Gasteiger partial charge in [0.2, 0.25) is 5.91 Å². The van der Waals surface area contributed by atoms with Crippen LogP contribution in [-0.2, 0) is 11.2 Å². The van der Waals surface area contributed by atoms with Crippen LogP contribution in [0.15, 0.2) is 30.5 Å². The first-order chi connectivity index (χ1) is 9.33. The van der Waals surface area contributed by atoms with E-state index in [9.17, 15) is 4.79 Å². The number of aryl methyl sites for hydroxylation is 1. The summed E-state index contributed by atoms with van der Waals surface area (Å²) in [4.78, 5) is 15.0. The molecule has 0 atom stereocenters. The van der Waals surface area contributed by atoms with Crippen LogP contribution in [0.3, 0.4) is 0 Å². The molecule has 1 fully saturated rings. The topological polar surface area (TPSA) is 44.9 Å². The molecule has 100 valence electrons. The Hall–Kier alpha value is -1.77. The minimum atomic E-state index is 0.213. The van der Waals surface area contributed by atoms with E-state index in [1.807, 2.05) is 6.07 Å². The second-order valence-electron chi connectivity index (χ2n) is 5.41. The van der Waals surface area contributed by atoms with Gasteiger partial charge in [0.1, 0.15) is 0 Å². The molecule has 1 heterocycles. The van der Waals surface area contributed by atoms with Crippen molar-refractivity contribution in [3.05, 3.63) is 36.0 Å². The lowest BCUT2D eigenvalue weighted by Gasteiger charge is -2.26. The van der Waals surface area contributed by atoms with E-state index >= 15 is 0 Å². The summed E-state index contributed by atoms with van der Waals surface area (Å²) in [6.45, 7) is 0. The number of hydrogen-bond acceptors (Lipinski definition) is 1. The Labute approximate surface area is 113 Å². The highest BCUT2D eigenvalue weighted by Gasteiger charge is 2.18. The van der Waals surface area contributed by atoms with Gasteiger partial charge in [0.15, 0.2) is 0 Å². The summed E-state index contributed by atoms with van der Waals surface area (Å²) in [5.41, 5.74) is 2.49. The van der Waals surface area contributed by atoms with Crippen molar-refractivity contribution < 1.29 is 4.79 Å². The maximum atomic E-state index is 11.7. The number of para-hydroxylation sites is 1. The number of carbonyl (C=O) groups excluding carboxylic acids is 1. The lowest BCUT2D eigenvalue weighted by atomic mass is 9.93. The Morgan fingerprint density at radius 2 is 2.16 bits per heavy atom. The summed E-state index contributed by atoms with van der Waals surface area (Å²) in [5.74, 6) is 0.213. The maximum absolute atomic E-state index is 11.7. The highest BCUT2D eigenvalue weighted by Crippen LogP contribution is 2.20. The number of benzene rings is 1. The number of rotatable bonds is 5. The van der Waals surface area contributed by atoms with Gasteiger partial charge in [-0.15, -0.1) is 0 Å². The summed E-state index contributed by atoms with van der Waals surface area (Å²) in [5, 5.41) is 4.37. The number of amides is 1.